The summed E-state index contributed by atoms with van der Waals surface area (Å²) in [5.74, 6) is 2.71. The molecule has 1 saturated heterocycles. The van der Waals surface area contributed by atoms with Crippen molar-refractivity contribution >= 4 is 10.0 Å². The van der Waals surface area contributed by atoms with Crippen LogP contribution >= 0.6 is 0 Å². The van der Waals surface area contributed by atoms with Gasteiger partial charge in [-0.05, 0) is 54.9 Å². The maximum atomic E-state index is 11.7. The molecule has 2 heterocycles. The fraction of sp³-hybridized carbons (Fsp3) is 0.647. The Morgan fingerprint density at radius 3 is 2.58 bits per heavy atom. The van der Waals surface area contributed by atoms with Crippen molar-refractivity contribution in [3.05, 3.63) is 23.3 Å². The molecule has 3 aliphatic rings. The van der Waals surface area contributed by atoms with Crippen LogP contribution in [0, 0.1) is 18.8 Å². The van der Waals surface area contributed by atoms with Gasteiger partial charge in [0.2, 0.25) is 16.8 Å². The highest BCUT2D eigenvalue weighted by Gasteiger charge is 2.43. The van der Waals surface area contributed by atoms with Gasteiger partial charge in [-0.25, -0.2) is 13.1 Å². The number of ether oxygens (including phenoxy) is 2. The summed E-state index contributed by atoms with van der Waals surface area (Å²) in [5.41, 5.74) is 2.40. The maximum Gasteiger partial charge on any atom is 0.231 e. The quantitative estimate of drug-likeness (QED) is 0.869. The molecule has 0 aromatic heterocycles. The van der Waals surface area contributed by atoms with Crippen LogP contribution in [-0.4, -0.2) is 45.5 Å². The summed E-state index contributed by atoms with van der Waals surface area (Å²) in [5, 5.41) is 0. The Bertz CT molecular complexity index is 745. The van der Waals surface area contributed by atoms with Gasteiger partial charge in [0.25, 0.3) is 0 Å². The van der Waals surface area contributed by atoms with E-state index < -0.39 is 10.0 Å². The third-order valence-corrected chi connectivity index (χ3v) is 5.99. The molecule has 1 aromatic carbocycles. The summed E-state index contributed by atoms with van der Waals surface area (Å²) in [6.07, 6.45) is 3.70. The van der Waals surface area contributed by atoms with Crippen LogP contribution < -0.4 is 14.2 Å². The average molecular weight is 352 g/mol. The van der Waals surface area contributed by atoms with Crippen molar-refractivity contribution in [2.24, 2.45) is 11.8 Å². The molecule has 1 aliphatic carbocycles. The van der Waals surface area contributed by atoms with Gasteiger partial charge in [-0.2, -0.15) is 0 Å². The lowest BCUT2D eigenvalue weighted by molar-refractivity contribution is 0.174. The minimum absolute atomic E-state index is 0.0295. The number of likely N-dealkylation sites (tertiary alicyclic amines) is 1. The summed E-state index contributed by atoms with van der Waals surface area (Å²) in [7, 11) is -3.17. The van der Waals surface area contributed by atoms with Crippen LogP contribution in [0.5, 0.6) is 11.5 Å². The van der Waals surface area contributed by atoms with Crippen molar-refractivity contribution in [3.63, 3.8) is 0 Å². The summed E-state index contributed by atoms with van der Waals surface area (Å²) >= 11 is 0. The Labute approximate surface area is 143 Å². The van der Waals surface area contributed by atoms with Gasteiger partial charge in [-0.3, -0.25) is 4.90 Å². The van der Waals surface area contributed by atoms with Crippen molar-refractivity contribution < 1.29 is 17.9 Å². The molecular weight excluding hydrogens is 328 g/mol. The van der Waals surface area contributed by atoms with Crippen LogP contribution in [0.25, 0.3) is 0 Å². The number of fused-ring (bicyclic) bond motifs is 1. The minimum Gasteiger partial charge on any atom is -0.454 e. The second-order valence-corrected chi connectivity index (χ2v) is 9.10. The smallest absolute Gasteiger partial charge is 0.231 e. The van der Waals surface area contributed by atoms with E-state index in [0.29, 0.717) is 11.8 Å². The molecule has 0 amide bonds. The van der Waals surface area contributed by atoms with E-state index in [1.165, 1.54) is 30.2 Å². The van der Waals surface area contributed by atoms with Crippen LogP contribution in [0.4, 0.5) is 0 Å². The van der Waals surface area contributed by atoms with Gasteiger partial charge in [0, 0.05) is 25.7 Å². The number of sulfonamides is 1. The third kappa shape index (κ3) is 3.38. The molecule has 0 bridgehead atoms. The number of nitrogens with one attached hydrogen (secondary N) is 1. The number of nitrogens with zero attached hydrogens (tertiary/aromatic N) is 1. The number of hydrogen-bond acceptors (Lipinski definition) is 5. The van der Waals surface area contributed by atoms with E-state index in [4.69, 9.17) is 9.47 Å². The summed E-state index contributed by atoms with van der Waals surface area (Å²) in [6.45, 7) is 4.89. The molecule has 0 unspecified atom stereocenters. The molecule has 2 atom stereocenters. The van der Waals surface area contributed by atoms with E-state index in [0.717, 1.165) is 31.1 Å². The molecule has 2 aliphatic heterocycles. The lowest BCUT2D eigenvalue weighted by Crippen LogP contribution is -2.40. The molecule has 1 aromatic rings. The third-order valence-electron chi connectivity index (χ3n) is 5.26. The topological polar surface area (TPSA) is 67.9 Å². The first kappa shape index (κ1) is 16.2. The molecule has 24 heavy (non-hydrogen) atoms. The van der Waals surface area contributed by atoms with E-state index in [2.05, 4.69) is 22.6 Å². The van der Waals surface area contributed by atoms with Crippen molar-refractivity contribution in [2.75, 3.05) is 26.1 Å². The highest BCUT2D eigenvalue weighted by molar-refractivity contribution is 7.88. The second kappa shape index (κ2) is 5.89. The van der Waals surface area contributed by atoms with Gasteiger partial charge in [0.1, 0.15) is 0 Å². The Balaban J connectivity index is 1.49. The molecule has 4 rings (SSSR count). The zero-order valence-corrected chi connectivity index (χ0v) is 14.9. The van der Waals surface area contributed by atoms with Gasteiger partial charge in [0.15, 0.2) is 11.5 Å². The fourth-order valence-electron chi connectivity index (χ4n) is 3.94. The van der Waals surface area contributed by atoms with Gasteiger partial charge >= 0.3 is 0 Å². The average Bonchev–Trinajstić information content (AvgIpc) is 3.11. The number of aryl methyl sites for hydroxylation is 1. The predicted molar refractivity (Wildman–Crippen MR) is 90.6 cm³/mol. The van der Waals surface area contributed by atoms with Crippen molar-refractivity contribution in [2.45, 2.75) is 32.4 Å². The standard InChI is InChI=1S/C17H24N2O4S/c1-11-5-16-17(23-10-22-16)6-13(11)7-19-8-14(12-3-4-12)15(9-19)18-24(2,20)21/h5-6,12,14-15,18H,3-4,7-10H2,1-2H3/t14-,15+/m1/s1. The summed E-state index contributed by atoms with van der Waals surface area (Å²) in [4.78, 5) is 2.36. The number of benzene rings is 1. The largest absolute Gasteiger partial charge is 0.454 e. The normalized spacial score (nSPS) is 26.9. The Kier molecular flexibility index (Phi) is 3.97. The van der Waals surface area contributed by atoms with E-state index in [9.17, 15) is 8.42 Å². The van der Waals surface area contributed by atoms with Crippen LogP contribution in [-0.2, 0) is 16.6 Å². The molecule has 132 valence electrons. The molecular formula is C17H24N2O4S. The maximum absolute atomic E-state index is 11.7. The van der Waals surface area contributed by atoms with Gasteiger partial charge in [-0.1, -0.05) is 0 Å². The second-order valence-electron chi connectivity index (χ2n) is 7.32. The highest BCUT2D eigenvalue weighted by Crippen LogP contribution is 2.42. The van der Waals surface area contributed by atoms with E-state index >= 15 is 0 Å². The van der Waals surface area contributed by atoms with E-state index in [1.807, 2.05) is 6.07 Å². The zero-order chi connectivity index (χ0) is 16.9. The number of rotatable bonds is 5. The molecule has 0 spiro atoms. The van der Waals surface area contributed by atoms with Gasteiger partial charge < -0.3 is 9.47 Å². The van der Waals surface area contributed by atoms with Crippen LogP contribution in [0.15, 0.2) is 12.1 Å². The lowest BCUT2D eigenvalue weighted by atomic mass is 9.99. The summed E-state index contributed by atoms with van der Waals surface area (Å²) in [6, 6.07) is 4.11. The van der Waals surface area contributed by atoms with Crippen LogP contribution in [0.2, 0.25) is 0 Å². The first-order valence-electron chi connectivity index (χ1n) is 8.48. The molecule has 0 radical (unpaired) electrons. The summed E-state index contributed by atoms with van der Waals surface area (Å²) < 4.78 is 37.1. The van der Waals surface area contributed by atoms with Gasteiger partial charge in [0.05, 0.1) is 6.26 Å². The molecule has 1 saturated carbocycles. The predicted octanol–water partition coefficient (Wildman–Crippen LogP) is 1.48. The number of hydrogen-bond donors (Lipinski definition) is 1. The van der Waals surface area contributed by atoms with Crippen molar-refractivity contribution in [3.8, 4) is 11.5 Å². The molecule has 7 heteroatoms. The SMILES string of the molecule is Cc1cc2c(cc1CN1C[C@H](NS(C)(=O)=O)[C@@H](C3CC3)C1)OCO2. The first-order valence-corrected chi connectivity index (χ1v) is 10.4. The first-order chi connectivity index (χ1) is 11.4. The molecule has 6 nitrogen and oxygen atoms in total. The van der Waals surface area contributed by atoms with Gasteiger partial charge in [-0.15, -0.1) is 0 Å². The zero-order valence-electron chi connectivity index (χ0n) is 14.1. The molecule has 1 N–H and O–H groups in total. The van der Waals surface area contributed by atoms with Crippen molar-refractivity contribution in [1.82, 2.24) is 9.62 Å². The van der Waals surface area contributed by atoms with E-state index in [1.54, 1.807) is 0 Å². The Hall–Kier alpha value is -1.31. The highest BCUT2D eigenvalue weighted by atomic mass is 32.2. The minimum atomic E-state index is -3.17. The van der Waals surface area contributed by atoms with Crippen molar-refractivity contribution in [1.29, 1.82) is 0 Å². The van der Waals surface area contributed by atoms with E-state index in [-0.39, 0.29) is 12.8 Å². The molecule has 2 fully saturated rings. The Morgan fingerprint density at radius 2 is 1.92 bits per heavy atom. The Morgan fingerprint density at radius 1 is 1.21 bits per heavy atom. The monoisotopic (exact) mass is 352 g/mol. The lowest BCUT2D eigenvalue weighted by Gasteiger charge is -2.18. The van der Waals surface area contributed by atoms with Crippen LogP contribution in [0.3, 0.4) is 0 Å². The fourth-order valence-corrected chi connectivity index (χ4v) is 4.74. The van der Waals surface area contributed by atoms with Crippen LogP contribution in [0.1, 0.15) is 24.0 Å².